The molecule has 0 saturated heterocycles. The Kier molecular flexibility index (Phi) is 4.10. The average Bonchev–Trinajstić information content (AvgIpc) is 2.64. The zero-order valence-electron chi connectivity index (χ0n) is 10.5. The van der Waals surface area contributed by atoms with Gasteiger partial charge in [0.05, 0.1) is 6.61 Å². The molecule has 0 aliphatic heterocycles. The molecule has 8 heteroatoms. The number of fused-ring (bicyclic) bond motifs is 1. The monoisotopic (exact) mass is 303 g/mol. The Morgan fingerprint density at radius 1 is 1.47 bits per heavy atom. The van der Waals surface area contributed by atoms with Crippen LogP contribution >= 0.6 is 11.6 Å². The zero-order valence-corrected chi connectivity index (χ0v) is 12.1. The van der Waals surface area contributed by atoms with Crippen LogP contribution in [-0.4, -0.2) is 24.4 Å². The minimum atomic E-state index is -3.87. The third kappa shape index (κ3) is 3.06. The van der Waals surface area contributed by atoms with Gasteiger partial charge in [-0.05, 0) is 18.1 Å². The second kappa shape index (κ2) is 5.46. The molecule has 0 atom stereocenters. The maximum absolute atomic E-state index is 12.1. The van der Waals surface area contributed by atoms with Gasteiger partial charge in [-0.2, -0.15) is 0 Å². The Bertz CT molecular complexity index is 682. The van der Waals surface area contributed by atoms with E-state index in [1.165, 1.54) is 4.40 Å². The van der Waals surface area contributed by atoms with E-state index < -0.39 is 10.0 Å². The van der Waals surface area contributed by atoms with E-state index in [1.807, 2.05) is 13.8 Å². The largest absolute Gasteiger partial charge is 0.288 e. The van der Waals surface area contributed by atoms with Gasteiger partial charge in [-0.15, -0.1) is 0 Å². The Morgan fingerprint density at radius 2 is 2.21 bits per heavy atom. The number of nitrogens with zero attached hydrogens (tertiary/aromatic N) is 2. The van der Waals surface area contributed by atoms with Gasteiger partial charge in [0.1, 0.15) is 5.65 Å². The Labute approximate surface area is 116 Å². The zero-order chi connectivity index (χ0) is 14.0. The van der Waals surface area contributed by atoms with Crippen LogP contribution in [0.2, 0.25) is 5.15 Å². The highest BCUT2D eigenvalue weighted by Gasteiger charge is 2.24. The van der Waals surface area contributed by atoms with E-state index in [4.69, 9.17) is 16.4 Å². The molecule has 0 unspecified atom stereocenters. The molecule has 19 heavy (non-hydrogen) atoms. The maximum Gasteiger partial charge on any atom is 0.281 e. The van der Waals surface area contributed by atoms with Crippen LogP contribution < -0.4 is 4.89 Å². The molecule has 2 rings (SSSR count). The molecule has 0 radical (unpaired) electrons. The summed E-state index contributed by atoms with van der Waals surface area (Å²) in [6.07, 6.45) is 1.57. The lowest BCUT2D eigenvalue weighted by atomic mass is 10.2. The topological polar surface area (TPSA) is 72.7 Å². The van der Waals surface area contributed by atoms with Gasteiger partial charge in [-0.25, -0.2) is 13.4 Å². The molecule has 0 aromatic carbocycles. The van der Waals surface area contributed by atoms with Crippen molar-refractivity contribution in [2.75, 3.05) is 6.61 Å². The fourth-order valence-electron chi connectivity index (χ4n) is 1.50. The van der Waals surface area contributed by atoms with Gasteiger partial charge >= 0.3 is 0 Å². The van der Waals surface area contributed by atoms with Gasteiger partial charge < -0.3 is 0 Å². The summed E-state index contributed by atoms with van der Waals surface area (Å²) in [6, 6.07) is 5.11. The van der Waals surface area contributed by atoms with Crippen molar-refractivity contribution in [3.05, 3.63) is 29.5 Å². The van der Waals surface area contributed by atoms with E-state index in [0.29, 0.717) is 5.65 Å². The van der Waals surface area contributed by atoms with E-state index in [-0.39, 0.29) is 22.7 Å². The Hall–Kier alpha value is -1.15. The predicted molar refractivity (Wildman–Crippen MR) is 71.3 cm³/mol. The van der Waals surface area contributed by atoms with Gasteiger partial charge in [0.25, 0.3) is 10.0 Å². The molecule has 0 aliphatic rings. The molecule has 0 saturated carbocycles. The highest BCUT2D eigenvalue weighted by atomic mass is 35.5. The standard InChI is InChI=1S/C11H14ClN3O3S/c1-8(2)7-18-14-19(16,17)11-10(12)13-9-5-3-4-6-15(9)11/h3-6,8,14H,7H2,1-2H3. The molecule has 0 spiro atoms. The molecular weight excluding hydrogens is 290 g/mol. The Balaban J connectivity index is 2.35. The summed E-state index contributed by atoms with van der Waals surface area (Å²) in [5.41, 5.74) is 0.455. The number of rotatable bonds is 5. The van der Waals surface area contributed by atoms with Crippen LogP contribution in [-0.2, 0) is 14.9 Å². The third-order valence-corrected chi connectivity index (χ3v) is 3.90. The van der Waals surface area contributed by atoms with Crippen LogP contribution in [0.15, 0.2) is 29.4 Å². The SMILES string of the molecule is CC(C)CONS(=O)(=O)c1c(Cl)nc2ccccn12. The first-order chi connectivity index (χ1) is 8.92. The van der Waals surface area contributed by atoms with E-state index in [2.05, 4.69) is 9.87 Å². The fraction of sp³-hybridized carbons (Fsp3) is 0.364. The molecule has 6 nitrogen and oxygen atoms in total. The molecule has 0 fully saturated rings. The lowest BCUT2D eigenvalue weighted by Gasteiger charge is -2.08. The lowest BCUT2D eigenvalue weighted by Crippen LogP contribution is -2.27. The summed E-state index contributed by atoms with van der Waals surface area (Å²) in [4.78, 5) is 11.0. The van der Waals surface area contributed by atoms with Crippen molar-refractivity contribution in [1.82, 2.24) is 14.3 Å². The van der Waals surface area contributed by atoms with Crippen LogP contribution in [0.25, 0.3) is 5.65 Å². The Morgan fingerprint density at radius 3 is 2.89 bits per heavy atom. The van der Waals surface area contributed by atoms with Crippen molar-refractivity contribution < 1.29 is 13.3 Å². The van der Waals surface area contributed by atoms with E-state index >= 15 is 0 Å². The van der Waals surface area contributed by atoms with Gasteiger partial charge in [-0.3, -0.25) is 9.24 Å². The number of sulfonamides is 1. The average molecular weight is 304 g/mol. The minimum absolute atomic E-state index is 0.0909. The molecule has 0 aliphatic carbocycles. The third-order valence-electron chi connectivity index (χ3n) is 2.29. The second-order valence-corrected chi connectivity index (χ2v) is 6.35. The van der Waals surface area contributed by atoms with Crippen LogP contribution in [0.1, 0.15) is 13.8 Å². The number of pyridine rings is 1. The smallest absolute Gasteiger partial charge is 0.281 e. The number of aromatic nitrogens is 2. The van der Waals surface area contributed by atoms with Crippen molar-refractivity contribution in [1.29, 1.82) is 0 Å². The first-order valence-electron chi connectivity index (χ1n) is 5.68. The number of imidazole rings is 1. The van der Waals surface area contributed by atoms with Crippen molar-refractivity contribution in [2.24, 2.45) is 5.92 Å². The molecule has 0 bridgehead atoms. The van der Waals surface area contributed by atoms with E-state index in [0.717, 1.165) is 0 Å². The van der Waals surface area contributed by atoms with Gasteiger partial charge in [0.15, 0.2) is 10.2 Å². The number of halogens is 1. The lowest BCUT2D eigenvalue weighted by molar-refractivity contribution is 0.0717. The molecule has 2 aromatic heterocycles. The molecule has 2 heterocycles. The molecule has 2 aromatic rings. The number of nitrogens with one attached hydrogen (secondary N) is 1. The summed E-state index contributed by atoms with van der Waals surface area (Å²) in [5.74, 6) is 0.209. The summed E-state index contributed by atoms with van der Waals surface area (Å²) >= 11 is 5.89. The molecule has 0 amide bonds. The normalized spacial score (nSPS) is 12.4. The molecular formula is C11H14ClN3O3S. The highest BCUT2D eigenvalue weighted by Crippen LogP contribution is 2.22. The summed E-state index contributed by atoms with van der Waals surface area (Å²) in [6.45, 7) is 4.10. The quantitative estimate of drug-likeness (QED) is 0.856. The van der Waals surface area contributed by atoms with Gasteiger partial charge in [0, 0.05) is 6.20 Å². The second-order valence-electron chi connectivity index (χ2n) is 4.43. The van der Waals surface area contributed by atoms with Crippen molar-refractivity contribution in [2.45, 2.75) is 18.9 Å². The van der Waals surface area contributed by atoms with Crippen molar-refractivity contribution in [3.63, 3.8) is 0 Å². The fourth-order valence-corrected chi connectivity index (χ4v) is 2.97. The highest BCUT2D eigenvalue weighted by molar-refractivity contribution is 7.89. The van der Waals surface area contributed by atoms with Gasteiger partial charge in [-0.1, -0.05) is 36.4 Å². The van der Waals surface area contributed by atoms with E-state index in [9.17, 15) is 8.42 Å². The first kappa shape index (κ1) is 14.3. The number of hydrogen-bond donors (Lipinski definition) is 1. The number of hydrogen-bond acceptors (Lipinski definition) is 4. The van der Waals surface area contributed by atoms with Crippen molar-refractivity contribution >= 4 is 27.3 Å². The van der Waals surface area contributed by atoms with Crippen molar-refractivity contribution in [3.8, 4) is 0 Å². The van der Waals surface area contributed by atoms with Gasteiger partial charge in [0.2, 0.25) is 0 Å². The summed E-state index contributed by atoms with van der Waals surface area (Å²) in [5, 5.41) is -0.222. The summed E-state index contributed by atoms with van der Waals surface area (Å²) in [7, 11) is -3.87. The van der Waals surface area contributed by atoms with Crippen LogP contribution in [0, 0.1) is 5.92 Å². The summed E-state index contributed by atoms with van der Waals surface area (Å²) < 4.78 is 25.6. The van der Waals surface area contributed by atoms with Crippen LogP contribution in [0.3, 0.4) is 0 Å². The van der Waals surface area contributed by atoms with Crippen LogP contribution in [0.4, 0.5) is 0 Å². The van der Waals surface area contributed by atoms with Crippen LogP contribution in [0.5, 0.6) is 0 Å². The molecule has 104 valence electrons. The molecule has 1 N–H and O–H groups in total. The van der Waals surface area contributed by atoms with E-state index in [1.54, 1.807) is 24.4 Å². The first-order valence-corrected chi connectivity index (χ1v) is 7.54. The maximum atomic E-state index is 12.1. The minimum Gasteiger partial charge on any atom is -0.288 e. The predicted octanol–water partition coefficient (Wildman–Crippen LogP) is 1.85.